The van der Waals surface area contributed by atoms with Crippen molar-refractivity contribution < 1.29 is 4.21 Å². The lowest BCUT2D eigenvalue weighted by Gasteiger charge is -2.13. The van der Waals surface area contributed by atoms with Crippen LogP contribution in [0.4, 0.5) is 0 Å². The van der Waals surface area contributed by atoms with Gasteiger partial charge in [0.15, 0.2) is 4.96 Å². The Labute approximate surface area is 120 Å². The molecule has 0 spiro atoms. The Bertz CT molecular complexity index is 588. The van der Waals surface area contributed by atoms with Crippen molar-refractivity contribution in [2.75, 3.05) is 12.0 Å². The zero-order chi connectivity index (χ0) is 14.0. The minimum Gasteiger partial charge on any atom is -0.309 e. The number of fused-ring (bicyclic) bond motifs is 1. The van der Waals surface area contributed by atoms with Crippen LogP contribution in [0, 0.1) is 13.8 Å². The van der Waals surface area contributed by atoms with E-state index < -0.39 is 10.8 Å². The molecule has 0 saturated carbocycles. The Morgan fingerprint density at radius 1 is 1.53 bits per heavy atom. The van der Waals surface area contributed by atoms with Crippen LogP contribution >= 0.6 is 11.3 Å². The fourth-order valence-corrected chi connectivity index (χ4v) is 3.61. The number of nitrogens with one attached hydrogen (secondary N) is 1. The van der Waals surface area contributed by atoms with E-state index in [-0.39, 0.29) is 0 Å². The Morgan fingerprint density at radius 2 is 2.26 bits per heavy atom. The molecule has 0 radical (unpaired) electrons. The average molecular weight is 299 g/mol. The summed E-state index contributed by atoms with van der Waals surface area (Å²) in [6.07, 6.45) is 4.83. The number of nitrogens with zero attached hydrogens (tertiary/aromatic N) is 2. The number of imidazole rings is 1. The number of aromatic nitrogens is 2. The maximum atomic E-state index is 11.1. The quantitative estimate of drug-likeness (QED) is 0.890. The van der Waals surface area contributed by atoms with Crippen molar-refractivity contribution in [1.29, 1.82) is 0 Å². The molecular weight excluding hydrogens is 278 g/mol. The van der Waals surface area contributed by atoms with E-state index in [4.69, 9.17) is 0 Å². The summed E-state index contributed by atoms with van der Waals surface area (Å²) in [5.41, 5.74) is 2.31. The first-order valence-corrected chi connectivity index (χ1v) is 8.99. The SMILES string of the molecule is Cc1cn2c(CNC(C)CCS(C)=O)c(C)nc2s1. The van der Waals surface area contributed by atoms with E-state index in [1.54, 1.807) is 17.6 Å². The largest absolute Gasteiger partial charge is 0.309 e. The molecule has 2 rings (SSSR count). The molecule has 19 heavy (non-hydrogen) atoms. The van der Waals surface area contributed by atoms with E-state index in [9.17, 15) is 4.21 Å². The smallest absolute Gasteiger partial charge is 0.194 e. The van der Waals surface area contributed by atoms with Crippen LogP contribution in [0.5, 0.6) is 0 Å². The predicted molar refractivity (Wildman–Crippen MR) is 82.4 cm³/mol. The highest BCUT2D eigenvalue weighted by Crippen LogP contribution is 2.20. The standard InChI is InChI=1S/C13H21N3OS2/c1-9(5-6-19(4)17)14-7-12-11(3)15-13-16(12)8-10(2)18-13/h8-9,14H,5-7H2,1-4H3. The fraction of sp³-hybridized carbons (Fsp3) is 0.615. The van der Waals surface area contributed by atoms with Gasteiger partial charge in [0.25, 0.3) is 0 Å². The van der Waals surface area contributed by atoms with Gasteiger partial charge in [-0.2, -0.15) is 0 Å². The third kappa shape index (κ3) is 3.64. The molecule has 1 N–H and O–H groups in total. The molecule has 2 atom stereocenters. The summed E-state index contributed by atoms with van der Waals surface area (Å²) in [5, 5.41) is 3.49. The molecule has 0 bridgehead atoms. The highest BCUT2D eigenvalue weighted by atomic mass is 32.2. The van der Waals surface area contributed by atoms with Crippen LogP contribution in [0.3, 0.4) is 0 Å². The van der Waals surface area contributed by atoms with E-state index in [1.807, 2.05) is 0 Å². The Hall–Kier alpha value is -0.720. The van der Waals surface area contributed by atoms with Crippen molar-refractivity contribution in [3.63, 3.8) is 0 Å². The maximum absolute atomic E-state index is 11.1. The minimum absolute atomic E-state index is 0.369. The summed E-state index contributed by atoms with van der Waals surface area (Å²) in [7, 11) is -0.706. The van der Waals surface area contributed by atoms with Crippen LogP contribution < -0.4 is 5.32 Å². The molecule has 0 amide bonds. The predicted octanol–water partition coefficient (Wildman–Crippen LogP) is 2.26. The van der Waals surface area contributed by atoms with E-state index in [0.29, 0.717) is 6.04 Å². The van der Waals surface area contributed by atoms with Crippen molar-refractivity contribution in [3.05, 3.63) is 22.5 Å². The molecule has 2 aromatic rings. The first-order valence-electron chi connectivity index (χ1n) is 6.44. The maximum Gasteiger partial charge on any atom is 0.194 e. The highest BCUT2D eigenvalue weighted by molar-refractivity contribution is 7.84. The Balaban J connectivity index is 2.00. The summed E-state index contributed by atoms with van der Waals surface area (Å²) in [6, 6.07) is 0.369. The molecule has 0 fully saturated rings. The summed E-state index contributed by atoms with van der Waals surface area (Å²) < 4.78 is 13.3. The van der Waals surface area contributed by atoms with E-state index in [0.717, 1.165) is 29.4 Å². The minimum atomic E-state index is -0.706. The monoisotopic (exact) mass is 299 g/mol. The van der Waals surface area contributed by atoms with Gasteiger partial charge in [0.2, 0.25) is 0 Å². The molecule has 0 aliphatic heterocycles. The van der Waals surface area contributed by atoms with Crippen LogP contribution in [0.15, 0.2) is 6.20 Å². The lowest BCUT2D eigenvalue weighted by atomic mass is 10.2. The van der Waals surface area contributed by atoms with Gasteiger partial charge in [-0.25, -0.2) is 4.98 Å². The molecular formula is C13H21N3OS2. The Kier molecular flexibility index (Phi) is 4.76. The van der Waals surface area contributed by atoms with Gasteiger partial charge in [-0.1, -0.05) is 0 Å². The lowest BCUT2D eigenvalue weighted by Crippen LogP contribution is -2.27. The number of thiazole rings is 1. The van der Waals surface area contributed by atoms with E-state index in [2.05, 4.69) is 41.7 Å². The second-order valence-electron chi connectivity index (χ2n) is 4.99. The van der Waals surface area contributed by atoms with Gasteiger partial charge in [-0.15, -0.1) is 11.3 Å². The Morgan fingerprint density at radius 3 is 2.95 bits per heavy atom. The summed E-state index contributed by atoms with van der Waals surface area (Å²) >= 11 is 1.72. The third-order valence-corrected chi connectivity index (χ3v) is 4.91. The molecule has 2 aromatic heterocycles. The van der Waals surface area contributed by atoms with Gasteiger partial charge in [0.05, 0.1) is 11.4 Å². The average Bonchev–Trinajstić information content (AvgIpc) is 2.79. The van der Waals surface area contributed by atoms with Crippen LogP contribution in [0.1, 0.15) is 29.6 Å². The number of aryl methyl sites for hydroxylation is 2. The third-order valence-electron chi connectivity index (χ3n) is 3.20. The van der Waals surface area contributed by atoms with E-state index >= 15 is 0 Å². The van der Waals surface area contributed by atoms with Crippen molar-refractivity contribution in [3.8, 4) is 0 Å². The molecule has 2 heterocycles. The van der Waals surface area contributed by atoms with Crippen LogP contribution in [-0.4, -0.2) is 31.6 Å². The van der Waals surface area contributed by atoms with Crippen molar-refractivity contribution in [2.24, 2.45) is 0 Å². The van der Waals surface area contributed by atoms with Crippen molar-refractivity contribution in [1.82, 2.24) is 14.7 Å². The molecule has 0 aliphatic carbocycles. The van der Waals surface area contributed by atoms with Gasteiger partial charge >= 0.3 is 0 Å². The summed E-state index contributed by atoms with van der Waals surface area (Å²) in [5.74, 6) is 0.756. The van der Waals surface area contributed by atoms with Gasteiger partial charge in [-0.3, -0.25) is 8.61 Å². The van der Waals surface area contributed by atoms with Gasteiger partial charge < -0.3 is 5.32 Å². The lowest BCUT2D eigenvalue weighted by molar-refractivity contribution is 0.527. The zero-order valence-corrected chi connectivity index (χ0v) is 13.5. The number of hydrogen-bond acceptors (Lipinski definition) is 4. The van der Waals surface area contributed by atoms with Gasteiger partial charge in [0.1, 0.15) is 0 Å². The highest BCUT2D eigenvalue weighted by Gasteiger charge is 2.12. The van der Waals surface area contributed by atoms with Crippen LogP contribution in [0.2, 0.25) is 0 Å². The zero-order valence-electron chi connectivity index (χ0n) is 11.9. The van der Waals surface area contributed by atoms with Gasteiger partial charge in [0, 0.05) is 46.5 Å². The topological polar surface area (TPSA) is 46.4 Å². The molecule has 2 unspecified atom stereocenters. The second-order valence-corrected chi connectivity index (χ2v) is 7.75. The number of hydrogen-bond donors (Lipinski definition) is 1. The number of rotatable bonds is 6. The fourth-order valence-electron chi connectivity index (χ4n) is 2.04. The summed E-state index contributed by atoms with van der Waals surface area (Å²) in [6.45, 7) is 7.10. The molecule has 6 heteroatoms. The van der Waals surface area contributed by atoms with E-state index in [1.165, 1.54) is 10.6 Å². The summed E-state index contributed by atoms with van der Waals surface area (Å²) in [4.78, 5) is 6.92. The second kappa shape index (κ2) is 6.15. The molecule has 0 aliphatic rings. The molecule has 4 nitrogen and oxygen atoms in total. The molecule has 106 valence electrons. The molecule has 0 saturated heterocycles. The normalized spacial score (nSPS) is 14.9. The van der Waals surface area contributed by atoms with Crippen LogP contribution in [-0.2, 0) is 17.3 Å². The molecule has 0 aromatic carbocycles. The van der Waals surface area contributed by atoms with Crippen molar-refractivity contribution in [2.45, 2.75) is 39.8 Å². The van der Waals surface area contributed by atoms with Gasteiger partial charge in [-0.05, 0) is 27.2 Å². The first-order chi connectivity index (χ1) is 8.97. The first kappa shape index (κ1) is 14.7. The van der Waals surface area contributed by atoms with Crippen molar-refractivity contribution >= 4 is 27.1 Å². The van der Waals surface area contributed by atoms with Crippen LogP contribution in [0.25, 0.3) is 4.96 Å².